The molecular weight excluding hydrogens is 212 g/mol. The fourth-order valence-corrected chi connectivity index (χ4v) is 1.25. The molecule has 0 atom stereocenters. The lowest BCUT2D eigenvalue weighted by atomic mass is 10.3. The van der Waals surface area contributed by atoms with E-state index in [0.717, 1.165) is 5.69 Å². The highest BCUT2D eigenvalue weighted by Crippen LogP contribution is 2.16. The summed E-state index contributed by atoms with van der Waals surface area (Å²) < 4.78 is 0. The Kier molecular flexibility index (Phi) is 3.97. The lowest BCUT2D eigenvalue weighted by Gasteiger charge is -2.19. The molecule has 1 rings (SSSR count). The van der Waals surface area contributed by atoms with Crippen LogP contribution in [0.15, 0.2) is 24.3 Å². The lowest BCUT2D eigenvalue weighted by Crippen LogP contribution is -2.40. The zero-order valence-corrected chi connectivity index (χ0v) is 9.88. The first-order valence-corrected chi connectivity index (χ1v) is 5.18. The average Bonchev–Trinajstić information content (AvgIpc) is 2.17. The molecule has 0 aliphatic heterocycles. The van der Waals surface area contributed by atoms with Crippen LogP contribution in [0.5, 0.6) is 0 Å². The number of halogens is 1. The topological polar surface area (TPSA) is 32.3 Å². The van der Waals surface area contributed by atoms with Crippen molar-refractivity contribution in [3.8, 4) is 0 Å². The van der Waals surface area contributed by atoms with E-state index in [0.29, 0.717) is 5.02 Å². The third kappa shape index (κ3) is 3.44. The smallest absolute Gasteiger partial charge is 0.321 e. The summed E-state index contributed by atoms with van der Waals surface area (Å²) in [4.78, 5) is 13.2. The minimum atomic E-state index is -0.118. The van der Waals surface area contributed by atoms with Gasteiger partial charge in [0.05, 0.1) is 0 Å². The maximum Gasteiger partial charge on any atom is 0.321 e. The van der Waals surface area contributed by atoms with E-state index in [9.17, 15) is 4.79 Å². The van der Waals surface area contributed by atoms with Gasteiger partial charge in [0, 0.05) is 23.8 Å². The summed E-state index contributed by atoms with van der Waals surface area (Å²) >= 11 is 5.76. The largest absolute Gasteiger partial charge is 0.336 e. The van der Waals surface area contributed by atoms with Gasteiger partial charge in [-0.2, -0.15) is 0 Å². The highest BCUT2D eigenvalue weighted by Gasteiger charge is 2.10. The molecule has 1 aromatic carbocycles. The molecule has 0 saturated carbocycles. The van der Waals surface area contributed by atoms with Gasteiger partial charge in [0.1, 0.15) is 0 Å². The van der Waals surface area contributed by atoms with Crippen LogP contribution >= 0.6 is 11.6 Å². The Morgan fingerprint density at radius 1 is 1.33 bits per heavy atom. The Morgan fingerprint density at radius 2 is 1.87 bits per heavy atom. The Hall–Kier alpha value is -1.22. The molecule has 1 aromatic rings. The van der Waals surface area contributed by atoms with Crippen LogP contribution < -0.4 is 10.2 Å². The van der Waals surface area contributed by atoms with Gasteiger partial charge in [0.25, 0.3) is 0 Å². The van der Waals surface area contributed by atoms with E-state index >= 15 is 0 Å². The predicted molar refractivity (Wildman–Crippen MR) is 63.5 cm³/mol. The number of hydrogen-bond acceptors (Lipinski definition) is 1. The summed E-state index contributed by atoms with van der Waals surface area (Å²) in [5, 5.41) is 3.47. The number of nitrogens with zero attached hydrogens (tertiary/aromatic N) is 1. The summed E-state index contributed by atoms with van der Waals surface area (Å²) in [6.45, 7) is 3.85. The third-order valence-electron chi connectivity index (χ3n) is 1.93. The zero-order valence-electron chi connectivity index (χ0n) is 9.12. The number of hydrogen-bond donors (Lipinski definition) is 1. The number of nitrogens with one attached hydrogen (secondary N) is 1. The summed E-state index contributed by atoms with van der Waals surface area (Å²) in [6, 6.07) is 7.15. The number of anilines is 1. The number of rotatable bonds is 2. The van der Waals surface area contributed by atoms with Crippen molar-refractivity contribution in [1.29, 1.82) is 0 Å². The van der Waals surface area contributed by atoms with E-state index in [4.69, 9.17) is 11.6 Å². The second-order valence-corrected chi connectivity index (χ2v) is 4.08. The minimum Gasteiger partial charge on any atom is -0.336 e. The monoisotopic (exact) mass is 226 g/mol. The van der Waals surface area contributed by atoms with Gasteiger partial charge >= 0.3 is 6.03 Å². The van der Waals surface area contributed by atoms with Crippen molar-refractivity contribution < 1.29 is 4.79 Å². The number of amides is 2. The van der Waals surface area contributed by atoms with E-state index in [-0.39, 0.29) is 12.1 Å². The van der Waals surface area contributed by atoms with E-state index < -0.39 is 0 Å². The molecule has 82 valence electrons. The third-order valence-corrected chi connectivity index (χ3v) is 2.18. The fourth-order valence-electron chi connectivity index (χ4n) is 1.13. The second kappa shape index (κ2) is 5.03. The van der Waals surface area contributed by atoms with Crippen LogP contribution in [0.1, 0.15) is 13.8 Å². The summed E-state index contributed by atoms with van der Waals surface area (Å²) in [5.41, 5.74) is 0.817. The van der Waals surface area contributed by atoms with Crippen LogP contribution in [0.25, 0.3) is 0 Å². The predicted octanol–water partition coefficient (Wildman–Crippen LogP) is 2.89. The van der Waals surface area contributed by atoms with Crippen molar-refractivity contribution in [1.82, 2.24) is 5.32 Å². The minimum absolute atomic E-state index is 0.118. The molecule has 0 heterocycles. The van der Waals surface area contributed by atoms with Gasteiger partial charge in [0.2, 0.25) is 0 Å². The Labute approximate surface area is 95.0 Å². The Balaban J connectivity index is 2.71. The van der Waals surface area contributed by atoms with Crippen molar-refractivity contribution >= 4 is 23.3 Å². The first kappa shape index (κ1) is 11.9. The van der Waals surface area contributed by atoms with Crippen molar-refractivity contribution in [3.05, 3.63) is 29.3 Å². The molecule has 3 nitrogen and oxygen atoms in total. The Morgan fingerprint density at radius 3 is 2.33 bits per heavy atom. The van der Waals surface area contributed by atoms with Crippen molar-refractivity contribution in [2.75, 3.05) is 11.9 Å². The molecule has 0 radical (unpaired) electrons. The van der Waals surface area contributed by atoms with Crippen LogP contribution in [0, 0.1) is 0 Å². The van der Waals surface area contributed by atoms with Gasteiger partial charge in [-0.05, 0) is 38.1 Å². The maximum atomic E-state index is 11.6. The summed E-state index contributed by atoms with van der Waals surface area (Å²) in [7, 11) is 1.72. The van der Waals surface area contributed by atoms with Gasteiger partial charge in [-0.1, -0.05) is 11.6 Å². The van der Waals surface area contributed by atoms with Gasteiger partial charge < -0.3 is 5.32 Å². The first-order valence-electron chi connectivity index (χ1n) is 4.80. The molecule has 0 aromatic heterocycles. The van der Waals surface area contributed by atoms with Gasteiger partial charge in [0.15, 0.2) is 0 Å². The fraction of sp³-hybridized carbons (Fsp3) is 0.364. The van der Waals surface area contributed by atoms with Gasteiger partial charge in [-0.25, -0.2) is 4.79 Å². The molecule has 2 amide bonds. The molecule has 4 heteroatoms. The normalized spacial score (nSPS) is 10.2. The molecule has 0 bridgehead atoms. The quantitative estimate of drug-likeness (QED) is 0.827. The molecule has 0 fully saturated rings. The Bertz CT molecular complexity index is 335. The molecule has 0 spiro atoms. The van der Waals surface area contributed by atoms with Crippen LogP contribution in [0.3, 0.4) is 0 Å². The lowest BCUT2D eigenvalue weighted by molar-refractivity contribution is 0.245. The molecule has 0 unspecified atom stereocenters. The molecule has 1 N–H and O–H groups in total. The van der Waals surface area contributed by atoms with Crippen LogP contribution in [0.2, 0.25) is 5.02 Å². The molecular formula is C11H15ClN2O. The van der Waals surface area contributed by atoms with Gasteiger partial charge in [-0.3, -0.25) is 4.90 Å². The van der Waals surface area contributed by atoms with E-state index in [1.54, 1.807) is 24.1 Å². The molecule has 0 saturated heterocycles. The summed E-state index contributed by atoms with van der Waals surface area (Å²) in [6.07, 6.45) is 0. The zero-order chi connectivity index (χ0) is 11.4. The van der Waals surface area contributed by atoms with Gasteiger partial charge in [-0.15, -0.1) is 0 Å². The molecule has 0 aliphatic rings. The first-order chi connectivity index (χ1) is 7.00. The second-order valence-electron chi connectivity index (χ2n) is 3.64. The highest BCUT2D eigenvalue weighted by atomic mass is 35.5. The van der Waals surface area contributed by atoms with Crippen LogP contribution in [0.4, 0.5) is 10.5 Å². The van der Waals surface area contributed by atoms with Crippen molar-refractivity contribution in [2.24, 2.45) is 0 Å². The highest BCUT2D eigenvalue weighted by molar-refractivity contribution is 6.30. The number of carbonyl (C=O) groups is 1. The van der Waals surface area contributed by atoms with Crippen LogP contribution in [-0.4, -0.2) is 19.1 Å². The molecule has 0 aliphatic carbocycles. The van der Waals surface area contributed by atoms with Crippen LogP contribution in [-0.2, 0) is 0 Å². The SMILES string of the molecule is CC(C)NC(=O)N(C)c1ccc(Cl)cc1. The number of urea groups is 1. The maximum absolute atomic E-state index is 11.6. The molecule has 15 heavy (non-hydrogen) atoms. The standard InChI is InChI=1S/C11H15ClN2O/c1-8(2)13-11(15)14(3)10-6-4-9(12)5-7-10/h4-8H,1-3H3,(H,13,15). The van der Waals surface area contributed by atoms with Crippen molar-refractivity contribution in [3.63, 3.8) is 0 Å². The average molecular weight is 227 g/mol. The van der Waals surface area contributed by atoms with Crippen molar-refractivity contribution in [2.45, 2.75) is 19.9 Å². The van der Waals surface area contributed by atoms with E-state index in [1.807, 2.05) is 26.0 Å². The number of carbonyl (C=O) groups excluding carboxylic acids is 1. The van der Waals surface area contributed by atoms with E-state index in [2.05, 4.69) is 5.32 Å². The van der Waals surface area contributed by atoms with E-state index in [1.165, 1.54) is 0 Å². The summed E-state index contributed by atoms with van der Waals surface area (Å²) in [5.74, 6) is 0. The number of benzene rings is 1.